The maximum Gasteiger partial charge on any atom is 0.435 e. The van der Waals surface area contributed by atoms with Crippen LogP contribution in [0, 0.1) is 23.6 Å². The van der Waals surface area contributed by atoms with Crippen LogP contribution in [0.5, 0.6) is 0 Å². The lowest BCUT2D eigenvalue weighted by Crippen LogP contribution is -2.52. The van der Waals surface area contributed by atoms with Crippen LogP contribution in [-0.4, -0.2) is 43.8 Å². The first-order valence-electron chi connectivity index (χ1n) is 13.3. The number of alkyl halides is 7. The smallest absolute Gasteiger partial charge is 0.435 e. The second kappa shape index (κ2) is 10.2. The van der Waals surface area contributed by atoms with Gasteiger partial charge in [0.05, 0.1) is 10.8 Å². The standard InChI is InChI=1S/C28H25F8NO5S/c29-17-3-5-19(6-4-17)43(41,42)25-10-9-20(23(38)37-18-12-15(13-18)24(39)40)22(25)7-1-14-11-16(2-8-21(14)25)26(30,27(31,32)33)28(34,35)36/h2-6,8,11,15,18,20,22H,1,7,9-10,12-13H2,(H,37,38)(H,39,40)/t15-,18-,20-,22+,25-/m1/s1. The predicted octanol–water partition coefficient (Wildman–Crippen LogP) is 5.74. The molecule has 15 heteroatoms. The van der Waals surface area contributed by atoms with Crippen molar-refractivity contribution in [2.75, 3.05) is 0 Å². The fourth-order valence-electron chi connectivity index (χ4n) is 6.94. The normalized spacial score (nSPS) is 27.5. The number of carbonyl (C=O) groups is 2. The number of benzene rings is 2. The molecule has 2 aromatic carbocycles. The zero-order valence-corrected chi connectivity index (χ0v) is 22.9. The topological polar surface area (TPSA) is 101 Å². The van der Waals surface area contributed by atoms with Crippen LogP contribution in [0.2, 0.25) is 0 Å². The molecule has 43 heavy (non-hydrogen) atoms. The number of rotatable bonds is 6. The van der Waals surface area contributed by atoms with Crippen molar-refractivity contribution in [3.05, 3.63) is 65.0 Å². The van der Waals surface area contributed by atoms with Gasteiger partial charge in [0.2, 0.25) is 5.91 Å². The van der Waals surface area contributed by atoms with Gasteiger partial charge in [0.1, 0.15) is 10.6 Å². The number of carboxylic acid groups (broad SMARTS) is 1. The molecule has 6 nitrogen and oxygen atoms in total. The summed E-state index contributed by atoms with van der Waals surface area (Å²) < 4.78 is 136. The van der Waals surface area contributed by atoms with Gasteiger partial charge in [0.25, 0.3) is 0 Å². The third-order valence-electron chi connectivity index (χ3n) is 9.15. The molecule has 0 spiro atoms. The van der Waals surface area contributed by atoms with Gasteiger partial charge in [0, 0.05) is 17.5 Å². The molecule has 234 valence electrons. The average molecular weight is 640 g/mol. The molecule has 0 aromatic heterocycles. The Hall–Kier alpha value is -3.23. The molecule has 1 amide bonds. The lowest BCUT2D eigenvalue weighted by Gasteiger charge is -2.43. The van der Waals surface area contributed by atoms with E-state index in [4.69, 9.17) is 5.11 Å². The lowest BCUT2D eigenvalue weighted by molar-refractivity contribution is -0.348. The van der Waals surface area contributed by atoms with Crippen molar-refractivity contribution in [2.24, 2.45) is 17.8 Å². The number of amides is 1. The maximum atomic E-state index is 14.9. The third-order valence-corrected chi connectivity index (χ3v) is 11.7. The highest BCUT2D eigenvalue weighted by Crippen LogP contribution is 2.60. The van der Waals surface area contributed by atoms with Crippen molar-refractivity contribution in [3.63, 3.8) is 0 Å². The summed E-state index contributed by atoms with van der Waals surface area (Å²) in [6.07, 6.45) is -13.0. The first kappa shape index (κ1) is 31.2. The summed E-state index contributed by atoms with van der Waals surface area (Å²) >= 11 is 0. The van der Waals surface area contributed by atoms with E-state index in [1.54, 1.807) is 0 Å². The lowest BCUT2D eigenvalue weighted by atomic mass is 9.72. The molecule has 3 aliphatic rings. The number of aliphatic carboxylic acids is 1. The molecule has 2 N–H and O–H groups in total. The molecule has 3 atom stereocenters. The van der Waals surface area contributed by atoms with Gasteiger partial charge < -0.3 is 10.4 Å². The molecule has 0 aliphatic heterocycles. The molecule has 0 radical (unpaired) electrons. The van der Waals surface area contributed by atoms with Crippen molar-refractivity contribution in [1.29, 1.82) is 0 Å². The molecule has 2 saturated carbocycles. The molecule has 5 rings (SSSR count). The number of hydrogen-bond donors (Lipinski definition) is 2. The van der Waals surface area contributed by atoms with E-state index in [2.05, 4.69) is 5.32 Å². The van der Waals surface area contributed by atoms with Crippen molar-refractivity contribution in [1.82, 2.24) is 5.32 Å². The average Bonchev–Trinajstić information content (AvgIpc) is 3.30. The predicted molar refractivity (Wildman–Crippen MR) is 133 cm³/mol. The molecule has 0 bridgehead atoms. The van der Waals surface area contributed by atoms with E-state index in [1.807, 2.05) is 0 Å². The van der Waals surface area contributed by atoms with Crippen LogP contribution in [0.3, 0.4) is 0 Å². The van der Waals surface area contributed by atoms with E-state index in [0.29, 0.717) is 6.07 Å². The number of halogens is 8. The fourth-order valence-corrected chi connectivity index (χ4v) is 9.41. The minimum Gasteiger partial charge on any atom is -0.481 e. The molecular weight excluding hydrogens is 614 g/mol. The minimum absolute atomic E-state index is 0.0225. The Kier molecular flexibility index (Phi) is 7.37. The molecule has 0 saturated heterocycles. The molecular formula is C28H25F8NO5S. The van der Waals surface area contributed by atoms with Gasteiger partial charge in [-0.05, 0) is 79.8 Å². The van der Waals surface area contributed by atoms with Crippen LogP contribution < -0.4 is 5.32 Å². The van der Waals surface area contributed by atoms with Gasteiger partial charge in [-0.1, -0.05) is 18.2 Å². The van der Waals surface area contributed by atoms with Gasteiger partial charge >= 0.3 is 24.0 Å². The van der Waals surface area contributed by atoms with Crippen LogP contribution >= 0.6 is 0 Å². The van der Waals surface area contributed by atoms with Crippen LogP contribution in [0.15, 0.2) is 47.4 Å². The zero-order chi connectivity index (χ0) is 31.8. The number of sulfone groups is 1. The van der Waals surface area contributed by atoms with Crippen molar-refractivity contribution in [3.8, 4) is 0 Å². The van der Waals surface area contributed by atoms with Gasteiger partial charge in [0.15, 0.2) is 9.84 Å². The van der Waals surface area contributed by atoms with E-state index < -0.39 is 79.7 Å². The Labute approximate surface area is 240 Å². The maximum absolute atomic E-state index is 14.9. The van der Waals surface area contributed by atoms with Crippen molar-refractivity contribution < 1.29 is 58.2 Å². The van der Waals surface area contributed by atoms with Gasteiger partial charge in [-0.15, -0.1) is 0 Å². The number of aryl methyl sites for hydroxylation is 1. The third kappa shape index (κ3) is 4.69. The summed E-state index contributed by atoms with van der Waals surface area (Å²) in [6, 6.07) is 4.68. The summed E-state index contributed by atoms with van der Waals surface area (Å²) in [5.74, 6) is -4.91. The summed E-state index contributed by atoms with van der Waals surface area (Å²) in [4.78, 5) is 24.1. The zero-order valence-electron chi connectivity index (χ0n) is 22.1. The van der Waals surface area contributed by atoms with E-state index in [1.165, 1.54) is 0 Å². The number of carboxylic acids is 1. The molecule has 2 fully saturated rings. The summed E-state index contributed by atoms with van der Waals surface area (Å²) in [5.41, 5.74) is -7.85. The molecule has 0 unspecified atom stereocenters. The Bertz CT molecular complexity index is 1540. The van der Waals surface area contributed by atoms with Crippen LogP contribution in [0.1, 0.15) is 48.8 Å². The fraction of sp³-hybridized carbons (Fsp3) is 0.500. The van der Waals surface area contributed by atoms with Crippen LogP contribution in [0.25, 0.3) is 0 Å². The van der Waals surface area contributed by atoms with Gasteiger partial charge in [-0.25, -0.2) is 17.2 Å². The molecule has 2 aromatic rings. The number of carbonyl (C=O) groups excluding carboxylic acids is 1. The highest BCUT2D eigenvalue weighted by Gasteiger charge is 2.74. The quantitative estimate of drug-likeness (QED) is 0.311. The summed E-state index contributed by atoms with van der Waals surface area (Å²) in [7, 11) is -4.56. The Balaban J connectivity index is 1.60. The molecule has 3 aliphatic carbocycles. The first-order valence-corrected chi connectivity index (χ1v) is 14.8. The van der Waals surface area contributed by atoms with Crippen molar-refractivity contribution in [2.45, 2.75) is 72.2 Å². The summed E-state index contributed by atoms with van der Waals surface area (Å²) in [6.45, 7) is 0. The van der Waals surface area contributed by atoms with Crippen LogP contribution in [-0.2, 0) is 36.3 Å². The second-order valence-corrected chi connectivity index (χ2v) is 13.6. The number of nitrogens with one attached hydrogen (secondary N) is 1. The Morgan fingerprint density at radius 3 is 2.07 bits per heavy atom. The van der Waals surface area contributed by atoms with Gasteiger partial charge in [-0.3, -0.25) is 9.59 Å². The number of hydrogen-bond acceptors (Lipinski definition) is 4. The minimum atomic E-state index is -6.37. The van der Waals surface area contributed by atoms with Crippen LogP contribution in [0.4, 0.5) is 35.1 Å². The monoisotopic (exact) mass is 639 g/mol. The van der Waals surface area contributed by atoms with E-state index >= 15 is 0 Å². The van der Waals surface area contributed by atoms with Gasteiger partial charge in [-0.2, -0.15) is 26.3 Å². The highest BCUT2D eigenvalue weighted by atomic mass is 32.2. The summed E-state index contributed by atoms with van der Waals surface area (Å²) in [5, 5.41) is 11.8. The Morgan fingerprint density at radius 2 is 1.51 bits per heavy atom. The van der Waals surface area contributed by atoms with E-state index in [0.717, 1.165) is 30.3 Å². The highest BCUT2D eigenvalue weighted by molar-refractivity contribution is 7.92. The molecule has 0 heterocycles. The number of fused-ring (bicyclic) bond motifs is 3. The largest absolute Gasteiger partial charge is 0.481 e. The van der Waals surface area contributed by atoms with E-state index in [9.17, 15) is 53.1 Å². The Morgan fingerprint density at radius 1 is 0.907 bits per heavy atom. The second-order valence-electron chi connectivity index (χ2n) is 11.4. The first-order chi connectivity index (χ1) is 19.8. The van der Waals surface area contributed by atoms with Crippen molar-refractivity contribution >= 4 is 21.7 Å². The van der Waals surface area contributed by atoms with E-state index in [-0.39, 0.29) is 60.6 Å². The SMILES string of the molecule is O=C(N[C@H]1C[C@H](C(=O)O)C1)[C@@H]1CC[C@@]2(S(=O)(=O)c3ccc(F)cc3)c3ccc(C(F)(C(F)(F)F)C(F)(F)F)cc3CC[C@@H]12.